The first kappa shape index (κ1) is 14.9. The summed E-state index contributed by atoms with van der Waals surface area (Å²) in [4.78, 5) is 20.1. The number of benzene rings is 1. The Morgan fingerprint density at radius 2 is 2.10 bits per heavy atom. The van der Waals surface area contributed by atoms with Crippen molar-refractivity contribution in [3.8, 4) is 0 Å². The number of hydrogen-bond donors (Lipinski definition) is 2. The second kappa shape index (κ2) is 5.84. The predicted octanol–water partition coefficient (Wildman–Crippen LogP) is 3.28. The molecule has 0 radical (unpaired) electrons. The van der Waals surface area contributed by atoms with Crippen molar-refractivity contribution in [2.24, 2.45) is 0 Å². The third-order valence-corrected chi connectivity index (χ3v) is 3.39. The maximum atomic E-state index is 13.9. The molecule has 3 N–H and O–H groups in total. The van der Waals surface area contributed by atoms with E-state index in [1.165, 1.54) is 25.3 Å². The molecule has 2 rings (SSSR count). The van der Waals surface area contributed by atoms with Crippen molar-refractivity contribution in [2.45, 2.75) is 6.92 Å². The Labute approximate surface area is 131 Å². The van der Waals surface area contributed by atoms with E-state index in [1.807, 2.05) is 0 Å². The summed E-state index contributed by atoms with van der Waals surface area (Å²) in [6.45, 7) is 1.54. The molecule has 1 aromatic carbocycles. The molecule has 1 aromatic heterocycles. The molecule has 0 fully saturated rings. The van der Waals surface area contributed by atoms with Crippen molar-refractivity contribution >= 4 is 49.3 Å². The Bertz CT molecular complexity index is 693. The zero-order valence-electron chi connectivity index (χ0n) is 10.2. The highest BCUT2D eigenvalue weighted by Crippen LogP contribution is 2.22. The second-order valence-corrected chi connectivity index (χ2v) is 5.55. The van der Waals surface area contributed by atoms with Crippen LogP contribution in [-0.2, 0) is 0 Å². The zero-order valence-corrected chi connectivity index (χ0v) is 13.4. The highest BCUT2D eigenvalue weighted by atomic mass is 79.9. The van der Waals surface area contributed by atoms with Gasteiger partial charge in [-0.25, -0.2) is 14.4 Å². The Kier molecular flexibility index (Phi) is 4.34. The number of anilines is 2. The number of nitrogens with zero attached hydrogens (tertiary/aromatic N) is 2. The summed E-state index contributed by atoms with van der Waals surface area (Å²) < 4.78 is 14.8. The monoisotopic (exact) mass is 402 g/mol. The minimum absolute atomic E-state index is 0.140. The van der Waals surface area contributed by atoms with Gasteiger partial charge in [-0.05, 0) is 56.5 Å². The van der Waals surface area contributed by atoms with Crippen molar-refractivity contribution < 1.29 is 9.18 Å². The molecule has 0 atom stereocenters. The van der Waals surface area contributed by atoms with Crippen LogP contribution in [0.4, 0.5) is 15.9 Å². The molecule has 1 amide bonds. The average molecular weight is 404 g/mol. The van der Waals surface area contributed by atoms with Crippen molar-refractivity contribution in [3.05, 3.63) is 44.5 Å². The van der Waals surface area contributed by atoms with Gasteiger partial charge in [-0.1, -0.05) is 0 Å². The van der Waals surface area contributed by atoms with Crippen molar-refractivity contribution in [2.75, 3.05) is 11.1 Å². The summed E-state index contributed by atoms with van der Waals surface area (Å²) >= 11 is 6.30. The highest BCUT2D eigenvalue weighted by Gasteiger charge is 2.16. The highest BCUT2D eigenvalue weighted by molar-refractivity contribution is 9.11. The van der Waals surface area contributed by atoms with Crippen LogP contribution in [0.1, 0.15) is 15.9 Å². The van der Waals surface area contributed by atoms with E-state index < -0.39 is 11.7 Å². The number of aromatic nitrogens is 2. The van der Waals surface area contributed by atoms with E-state index >= 15 is 0 Å². The van der Waals surface area contributed by atoms with Crippen LogP contribution in [0, 0.1) is 12.7 Å². The standard InChI is InChI=1S/C12H9Br2FN4O/c1-5-2-6(16)3-7(9(5)15)12(20)19-11-10(14)18-8(13)4-17-11/h2-4H,16H2,1H3,(H,17,19,20). The largest absolute Gasteiger partial charge is 0.399 e. The Balaban J connectivity index is 2.33. The minimum atomic E-state index is -0.643. The first-order valence-corrected chi connectivity index (χ1v) is 7.02. The predicted molar refractivity (Wildman–Crippen MR) is 80.9 cm³/mol. The van der Waals surface area contributed by atoms with Gasteiger partial charge >= 0.3 is 0 Å². The number of aryl methyl sites for hydroxylation is 1. The smallest absolute Gasteiger partial charge is 0.259 e. The lowest BCUT2D eigenvalue weighted by Crippen LogP contribution is -2.16. The fourth-order valence-corrected chi connectivity index (χ4v) is 2.48. The van der Waals surface area contributed by atoms with E-state index in [0.717, 1.165) is 0 Å². The molecule has 0 aliphatic rings. The van der Waals surface area contributed by atoms with Crippen LogP contribution in [-0.4, -0.2) is 15.9 Å². The van der Waals surface area contributed by atoms with Gasteiger partial charge in [-0.15, -0.1) is 0 Å². The van der Waals surface area contributed by atoms with Crippen molar-refractivity contribution in [3.63, 3.8) is 0 Å². The minimum Gasteiger partial charge on any atom is -0.399 e. The fourth-order valence-electron chi connectivity index (χ4n) is 1.57. The van der Waals surface area contributed by atoms with Gasteiger partial charge in [0.25, 0.3) is 5.91 Å². The summed E-state index contributed by atoms with van der Waals surface area (Å²) in [5.41, 5.74) is 6.10. The molecule has 1 heterocycles. The molecular weight excluding hydrogens is 395 g/mol. The number of hydrogen-bond acceptors (Lipinski definition) is 4. The molecule has 0 saturated heterocycles. The van der Waals surface area contributed by atoms with Gasteiger partial charge in [-0.2, -0.15) is 0 Å². The van der Waals surface area contributed by atoms with Crippen LogP contribution in [0.25, 0.3) is 0 Å². The third-order valence-electron chi connectivity index (χ3n) is 2.45. The van der Waals surface area contributed by atoms with Crippen LogP contribution >= 0.6 is 31.9 Å². The van der Waals surface area contributed by atoms with Gasteiger partial charge < -0.3 is 11.1 Å². The normalized spacial score (nSPS) is 10.4. The van der Waals surface area contributed by atoms with Gasteiger partial charge in [0, 0.05) is 5.69 Å². The number of nitrogen functional groups attached to an aromatic ring is 1. The fraction of sp³-hybridized carbons (Fsp3) is 0.0833. The van der Waals surface area contributed by atoms with E-state index in [4.69, 9.17) is 5.73 Å². The number of rotatable bonds is 2. The summed E-state index contributed by atoms with van der Waals surface area (Å²) in [5.74, 6) is -1.06. The molecule has 0 bridgehead atoms. The van der Waals surface area contributed by atoms with Gasteiger partial charge in [0.05, 0.1) is 11.8 Å². The van der Waals surface area contributed by atoms with Crippen LogP contribution in [0.5, 0.6) is 0 Å². The van der Waals surface area contributed by atoms with Gasteiger partial charge in [0.2, 0.25) is 0 Å². The molecule has 0 aliphatic carbocycles. The van der Waals surface area contributed by atoms with Crippen LogP contribution < -0.4 is 11.1 Å². The molecule has 0 aliphatic heterocycles. The van der Waals surface area contributed by atoms with Gasteiger partial charge in [-0.3, -0.25) is 4.79 Å². The molecule has 20 heavy (non-hydrogen) atoms. The number of carbonyl (C=O) groups is 1. The lowest BCUT2D eigenvalue weighted by Gasteiger charge is -2.09. The summed E-state index contributed by atoms with van der Waals surface area (Å²) in [6, 6.07) is 2.74. The lowest BCUT2D eigenvalue weighted by atomic mass is 10.1. The SMILES string of the molecule is Cc1cc(N)cc(C(=O)Nc2ncc(Br)nc2Br)c1F. The Hall–Kier alpha value is -1.54. The number of halogens is 3. The molecule has 5 nitrogen and oxygen atoms in total. The van der Waals surface area contributed by atoms with Crippen LogP contribution in [0.3, 0.4) is 0 Å². The first-order chi connectivity index (χ1) is 9.38. The molecule has 104 valence electrons. The molecular formula is C12H9Br2FN4O. The zero-order chi connectivity index (χ0) is 14.9. The maximum Gasteiger partial charge on any atom is 0.259 e. The Morgan fingerprint density at radius 3 is 2.75 bits per heavy atom. The van der Waals surface area contributed by atoms with Gasteiger partial charge in [0.15, 0.2) is 5.82 Å². The average Bonchev–Trinajstić information content (AvgIpc) is 2.37. The second-order valence-electron chi connectivity index (χ2n) is 3.99. The molecule has 8 heteroatoms. The summed E-state index contributed by atoms with van der Waals surface area (Å²) in [7, 11) is 0. The topological polar surface area (TPSA) is 80.9 Å². The number of carbonyl (C=O) groups excluding carboxylic acids is 1. The van der Waals surface area contributed by atoms with Gasteiger partial charge in [0.1, 0.15) is 15.0 Å². The summed E-state index contributed by atoms with van der Waals surface area (Å²) in [6.07, 6.45) is 1.42. The first-order valence-electron chi connectivity index (χ1n) is 5.43. The number of nitrogens with two attached hydrogens (primary N) is 1. The van der Waals surface area contributed by atoms with Crippen molar-refractivity contribution in [1.82, 2.24) is 9.97 Å². The summed E-state index contributed by atoms with van der Waals surface area (Å²) in [5, 5.41) is 2.47. The molecule has 0 saturated carbocycles. The molecule has 0 spiro atoms. The Morgan fingerprint density at radius 1 is 1.40 bits per heavy atom. The van der Waals surface area contributed by atoms with E-state index in [0.29, 0.717) is 20.5 Å². The quantitative estimate of drug-likeness (QED) is 0.754. The maximum absolute atomic E-state index is 13.9. The number of amides is 1. The van der Waals surface area contributed by atoms with Crippen molar-refractivity contribution in [1.29, 1.82) is 0 Å². The van der Waals surface area contributed by atoms with E-state index in [2.05, 4.69) is 47.1 Å². The number of nitrogens with one attached hydrogen (secondary N) is 1. The molecule has 0 unspecified atom stereocenters. The third kappa shape index (κ3) is 3.13. The van der Waals surface area contributed by atoms with E-state index in [9.17, 15) is 9.18 Å². The van der Waals surface area contributed by atoms with Crippen LogP contribution in [0.15, 0.2) is 27.5 Å². The van der Waals surface area contributed by atoms with E-state index in [1.54, 1.807) is 0 Å². The molecule has 2 aromatic rings. The van der Waals surface area contributed by atoms with E-state index in [-0.39, 0.29) is 11.4 Å². The van der Waals surface area contributed by atoms with Crippen LogP contribution in [0.2, 0.25) is 0 Å². The lowest BCUT2D eigenvalue weighted by molar-refractivity contribution is 0.102.